The summed E-state index contributed by atoms with van der Waals surface area (Å²) in [6, 6.07) is 31.3. The average Bonchev–Trinajstić information content (AvgIpc) is 3.92. The Hall–Kier alpha value is -5.30. The number of aliphatic hydroxyl groups is 1. The van der Waals surface area contributed by atoms with Gasteiger partial charge in [-0.05, 0) is 60.0 Å². The SMILES string of the molecule is COc1ccc([Si](C)(C)[C@H]2[C@H](CCn3cc(C(CO)c4ccccc4)nn3)O[C@@]3(C(=O)N(C)c4ccc(-n5[nH]c6ccccc6c5=O)cc43)[C@@H]2C)cc1. The molecule has 2 N–H and O–H groups in total. The Labute approximate surface area is 308 Å². The van der Waals surface area contributed by atoms with E-state index >= 15 is 0 Å². The van der Waals surface area contributed by atoms with Gasteiger partial charge in [0, 0.05) is 31.3 Å². The third-order valence-electron chi connectivity index (χ3n) is 11.7. The number of H-pyrrole nitrogens is 1. The lowest BCUT2D eigenvalue weighted by Crippen LogP contribution is -2.51. The number of ether oxygens (including phenoxy) is 2. The van der Waals surface area contributed by atoms with Crippen LogP contribution >= 0.6 is 0 Å². The molecule has 4 aromatic carbocycles. The Morgan fingerprint density at radius 1 is 1.00 bits per heavy atom. The third-order valence-corrected chi connectivity index (χ3v) is 16.1. The number of para-hydroxylation sites is 1. The molecule has 1 unspecified atom stereocenters. The molecule has 1 saturated heterocycles. The van der Waals surface area contributed by atoms with Gasteiger partial charge in [0.2, 0.25) is 0 Å². The molecule has 0 aliphatic carbocycles. The number of carbonyl (C=O) groups excluding carboxylic acids is 1. The fraction of sp³-hybridized carbons (Fsp3) is 0.317. The molecule has 1 amide bonds. The second kappa shape index (κ2) is 13.3. The number of nitrogens with zero attached hydrogens (tertiary/aromatic N) is 5. The van der Waals surface area contributed by atoms with E-state index in [-0.39, 0.29) is 41.6 Å². The smallest absolute Gasteiger partial charge is 0.279 e. The summed E-state index contributed by atoms with van der Waals surface area (Å²) < 4.78 is 16.1. The van der Waals surface area contributed by atoms with Gasteiger partial charge in [-0.1, -0.05) is 85.0 Å². The van der Waals surface area contributed by atoms with Crippen LogP contribution in [-0.2, 0) is 21.7 Å². The molecule has 2 aliphatic heterocycles. The Bertz CT molecular complexity index is 2350. The van der Waals surface area contributed by atoms with Gasteiger partial charge >= 0.3 is 0 Å². The van der Waals surface area contributed by atoms with Crippen molar-refractivity contribution < 1.29 is 19.4 Å². The van der Waals surface area contributed by atoms with E-state index in [0.717, 1.165) is 28.1 Å². The highest BCUT2D eigenvalue weighted by Crippen LogP contribution is 2.60. The average molecular weight is 729 g/mol. The van der Waals surface area contributed by atoms with Gasteiger partial charge in [0.15, 0.2) is 5.60 Å². The lowest BCUT2D eigenvalue weighted by molar-refractivity contribution is -0.145. The van der Waals surface area contributed by atoms with Gasteiger partial charge in [0.05, 0.1) is 61.8 Å². The summed E-state index contributed by atoms with van der Waals surface area (Å²) in [6.45, 7) is 7.30. The second-order valence-electron chi connectivity index (χ2n) is 14.9. The summed E-state index contributed by atoms with van der Waals surface area (Å²) in [5.41, 5.74) is 3.20. The Morgan fingerprint density at radius 3 is 2.45 bits per heavy atom. The van der Waals surface area contributed by atoms with E-state index in [0.29, 0.717) is 29.7 Å². The Morgan fingerprint density at radius 2 is 1.74 bits per heavy atom. The van der Waals surface area contributed by atoms with Crippen LogP contribution in [-0.4, -0.2) is 70.7 Å². The number of likely N-dealkylation sites (N-methyl/N-ethyl adjacent to an activating group) is 1. The topological polar surface area (TPSA) is 127 Å². The number of carbonyl (C=O) groups is 1. The molecule has 0 radical (unpaired) electrons. The summed E-state index contributed by atoms with van der Waals surface area (Å²) in [6.07, 6.45) is 2.19. The van der Waals surface area contributed by atoms with Crippen LogP contribution in [0.2, 0.25) is 18.6 Å². The zero-order chi connectivity index (χ0) is 37.1. The van der Waals surface area contributed by atoms with E-state index in [9.17, 15) is 14.7 Å². The highest BCUT2D eigenvalue weighted by molar-refractivity contribution is 6.91. The molecule has 5 atom stereocenters. The number of hydrogen-bond acceptors (Lipinski definition) is 7. The van der Waals surface area contributed by atoms with Gasteiger partial charge < -0.3 is 19.5 Å². The molecule has 8 rings (SSSR count). The first-order valence-electron chi connectivity index (χ1n) is 18.1. The van der Waals surface area contributed by atoms with Crippen molar-refractivity contribution in [2.75, 3.05) is 25.7 Å². The minimum absolute atomic E-state index is 0.0242. The fourth-order valence-electron chi connectivity index (χ4n) is 8.95. The fourth-order valence-corrected chi connectivity index (χ4v) is 13.0. The van der Waals surface area contributed by atoms with Gasteiger partial charge in [0.25, 0.3) is 11.5 Å². The highest BCUT2D eigenvalue weighted by atomic mass is 28.3. The summed E-state index contributed by atoms with van der Waals surface area (Å²) in [5.74, 6) is 0.199. The Kier molecular flexibility index (Phi) is 8.71. The third kappa shape index (κ3) is 5.55. The minimum Gasteiger partial charge on any atom is -0.497 e. The van der Waals surface area contributed by atoms with Gasteiger partial charge in [-0.2, -0.15) is 0 Å². The number of fused-ring (bicyclic) bond motifs is 3. The van der Waals surface area contributed by atoms with E-state index in [2.05, 4.69) is 47.6 Å². The maximum Gasteiger partial charge on any atom is 0.279 e. The van der Waals surface area contributed by atoms with Crippen molar-refractivity contribution in [2.24, 2.45) is 5.92 Å². The summed E-state index contributed by atoms with van der Waals surface area (Å²) in [7, 11) is 1.09. The van der Waals surface area contributed by atoms with E-state index in [4.69, 9.17) is 9.47 Å². The molecular formula is C41H44N6O5Si. The van der Waals surface area contributed by atoms with Crippen molar-refractivity contribution in [3.63, 3.8) is 0 Å². The summed E-state index contributed by atoms with van der Waals surface area (Å²) >= 11 is 0. The molecule has 12 heteroatoms. The number of aliphatic hydroxyl groups excluding tert-OH is 1. The largest absolute Gasteiger partial charge is 0.497 e. The molecule has 4 heterocycles. The summed E-state index contributed by atoms with van der Waals surface area (Å²) in [4.78, 5) is 29.9. The molecule has 1 fully saturated rings. The molecule has 272 valence electrons. The number of benzene rings is 4. The van der Waals surface area contributed by atoms with Crippen molar-refractivity contribution in [1.82, 2.24) is 24.8 Å². The van der Waals surface area contributed by atoms with Crippen LogP contribution in [0.3, 0.4) is 0 Å². The standard InChI is InChI=1S/C41H44N6O5Si/c1-26-38(53(4,5)30-18-16-29(51-3)17-19-30)37(21-22-46-24-35(42-44-46)32(25-48)27-11-7-6-8-12-27)52-41(26)33-23-28(15-20-36(33)45(2)40(41)50)47-39(49)31-13-9-10-14-34(31)43-47/h6-20,23-24,26,32,37-38,43,48H,21-22,25H2,1-5H3/t26-,32?,37+,38-,41+/m1/s1. The lowest BCUT2D eigenvalue weighted by atomic mass is 9.82. The van der Waals surface area contributed by atoms with Crippen molar-refractivity contribution in [1.29, 1.82) is 0 Å². The molecule has 2 aromatic heterocycles. The number of amides is 1. The zero-order valence-corrected chi connectivity index (χ0v) is 31.6. The van der Waals surface area contributed by atoms with Crippen LogP contribution in [0, 0.1) is 5.92 Å². The molecule has 0 bridgehead atoms. The molecule has 1 spiro atoms. The quantitative estimate of drug-likeness (QED) is 0.183. The number of aryl methyl sites for hydroxylation is 1. The van der Waals surface area contributed by atoms with E-state index < -0.39 is 13.7 Å². The number of aromatic nitrogens is 5. The van der Waals surface area contributed by atoms with Gasteiger partial charge in [0.1, 0.15) is 5.75 Å². The Balaban J connectivity index is 1.18. The molecule has 6 aromatic rings. The second-order valence-corrected chi connectivity index (χ2v) is 19.5. The summed E-state index contributed by atoms with van der Waals surface area (Å²) in [5, 5.41) is 24.3. The van der Waals surface area contributed by atoms with Crippen LogP contribution in [0.5, 0.6) is 5.75 Å². The molecule has 53 heavy (non-hydrogen) atoms. The minimum atomic E-state index is -2.38. The predicted molar refractivity (Wildman–Crippen MR) is 207 cm³/mol. The predicted octanol–water partition coefficient (Wildman–Crippen LogP) is 5.33. The van der Waals surface area contributed by atoms with Crippen molar-refractivity contribution in [3.05, 3.63) is 130 Å². The number of nitrogens with one attached hydrogen (secondary N) is 1. The van der Waals surface area contributed by atoms with Crippen molar-refractivity contribution >= 4 is 35.8 Å². The van der Waals surface area contributed by atoms with Crippen LogP contribution in [0.25, 0.3) is 16.6 Å². The van der Waals surface area contributed by atoms with Crippen LogP contribution in [0.4, 0.5) is 5.69 Å². The van der Waals surface area contributed by atoms with Crippen molar-refractivity contribution in [2.45, 2.75) is 56.1 Å². The first-order chi connectivity index (χ1) is 25.6. The number of anilines is 1. The molecule has 0 saturated carbocycles. The lowest BCUT2D eigenvalue weighted by Gasteiger charge is -2.37. The monoisotopic (exact) mass is 728 g/mol. The zero-order valence-electron chi connectivity index (χ0n) is 30.6. The number of aromatic amines is 1. The van der Waals surface area contributed by atoms with Crippen LogP contribution < -0.4 is 20.4 Å². The van der Waals surface area contributed by atoms with Gasteiger partial charge in [-0.3, -0.25) is 19.4 Å². The number of hydrogen-bond donors (Lipinski definition) is 2. The van der Waals surface area contributed by atoms with E-state index in [1.807, 2.05) is 95.8 Å². The highest BCUT2D eigenvalue weighted by Gasteiger charge is 2.65. The van der Waals surface area contributed by atoms with E-state index in [1.165, 1.54) is 5.19 Å². The number of rotatable bonds is 10. The van der Waals surface area contributed by atoms with Crippen molar-refractivity contribution in [3.8, 4) is 11.4 Å². The van der Waals surface area contributed by atoms with Gasteiger partial charge in [-0.15, -0.1) is 5.10 Å². The van der Waals surface area contributed by atoms with Gasteiger partial charge in [-0.25, -0.2) is 4.68 Å². The maximum absolute atomic E-state index is 14.7. The van der Waals surface area contributed by atoms with Crippen LogP contribution in [0.15, 0.2) is 108 Å². The molecular weight excluding hydrogens is 685 g/mol. The van der Waals surface area contributed by atoms with Crippen LogP contribution in [0.1, 0.15) is 36.1 Å². The number of methoxy groups -OCH3 is 1. The van der Waals surface area contributed by atoms with E-state index in [1.54, 1.807) is 23.7 Å². The normalized spacial score (nSPS) is 21.8. The first-order valence-corrected chi connectivity index (χ1v) is 21.2. The molecule has 11 nitrogen and oxygen atoms in total. The maximum atomic E-state index is 14.7. The molecule has 2 aliphatic rings. The first kappa shape index (κ1) is 34.8.